The van der Waals surface area contributed by atoms with Gasteiger partial charge < -0.3 is 4.90 Å². The van der Waals surface area contributed by atoms with Gasteiger partial charge in [0.2, 0.25) is 5.91 Å². The van der Waals surface area contributed by atoms with Crippen molar-refractivity contribution in [2.75, 3.05) is 18.1 Å². The van der Waals surface area contributed by atoms with Gasteiger partial charge in [-0.3, -0.25) is 14.5 Å². The molecule has 2 aromatic carbocycles. The molecule has 1 aliphatic rings. The number of likely N-dealkylation sites (tertiary alicyclic amines) is 1. The standard InChI is InChI=1S/C18H15BrClFN2O2/c19-12-7-8-14(20)13(10-12)18(25)23(11-22-9-3-6-17(22)24)16-5-2-1-4-15(16)21/h1-2,4-5,7-8,10H,3,6,9,11H2. The van der Waals surface area contributed by atoms with Gasteiger partial charge in [-0.15, -0.1) is 0 Å². The highest BCUT2D eigenvalue weighted by molar-refractivity contribution is 9.10. The first-order valence-electron chi connectivity index (χ1n) is 7.76. The number of hydrogen-bond acceptors (Lipinski definition) is 2. The summed E-state index contributed by atoms with van der Waals surface area (Å²) in [6.45, 7) is 0.532. The zero-order chi connectivity index (χ0) is 18.0. The maximum atomic E-state index is 14.3. The SMILES string of the molecule is O=C1CCCN1CN(C(=O)c1cc(Br)ccc1Cl)c1ccccc1F. The molecular formula is C18H15BrClFN2O2. The molecular weight excluding hydrogens is 411 g/mol. The van der Waals surface area contributed by atoms with Crippen molar-refractivity contribution >= 4 is 45.0 Å². The van der Waals surface area contributed by atoms with Gasteiger partial charge >= 0.3 is 0 Å². The van der Waals surface area contributed by atoms with Crippen LogP contribution < -0.4 is 4.90 Å². The number of nitrogens with zero attached hydrogens (tertiary/aromatic N) is 2. The van der Waals surface area contributed by atoms with Crippen molar-refractivity contribution in [2.24, 2.45) is 0 Å². The second kappa shape index (κ2) is 7.54. The normalized spacial score (nSPS) is 14.0. The van der Waals surface area contributed by atoms with E-state index in [4.69, 9.17) is 11.6 Å². The van der Waals surface area contributed by atoms with Gasteiger partial charge in [-0.05, 0) is 36.8 Å². The molecule has 0 aliphatic carbocycles. The summed E-state index contributed by atoms with van der Waals surface area (Å²) in [5.74, 6) is -1.04. The number of carbonyl (C=O) groups excluding carboxylic acids is 2. The van der Waals surface area contributed by atoms with Crippen LogP contribution in [0.2, 0.25) is 5.02 Å². The van der Waals surface area contributed by atoms with Crippen LogP contribution in [-0.2, 0) is 4.79 Å². The molecule has 0 atom stereocenters. The molecule has 3 rings (SSSR count). The first-order valence-corrected chi connectivity index (χ1v) is 8.93. The molecule has 0 unspecified atom stereocenters. The minimum Gasteiger partial charge on any atom is -0.324 e. The average Bonchev–Trinajstić information content (AvgIpc) is 3.00. The van der Waals surface area contributed by atoms with Crippen LogP contribution in [0.5, 0.6) is 0 Å². The average molecular weight is 426 g/mol. The van der Waals surface area contributed by atoms with Crippen LogP contribution in [0.15, 0.2) is 46.9 Å². The molecule has 2 aromatic rings. The molecule has 0 saturated carbocycles. The zero-order valence-electron chi connectivity index (χ0n) is 13.2. The van der Waals surface area contributed by atoms with Gasteiger partial charge in [0.05, 0.1) is 16.3 Å². The van der Waals surface area contributed by atoms with Gasteiger partial charge in [0.1, 0.15) is 12.5 Å². The summed E-state index contributed by atoms with van der Waals surface area (Å²) in [5.41, 5.74) is 0.356. The van der Waals surface area contributed by atoms with Crippen molar-refractivity contribution < 1.29 is 14.0 Å². The molecule has 1 aliphatic heterocycles. The summed E-state index contributed by atoms with van der Waals surface area (Å²) in [6, 6.07) is 10.9. The maximum Gasteiger partial charge on any atom is 0.261 e. The second-order valence-corrected chi connectivity index (χ2v) is 7.03. The van der Waals surface area contributed by atoms with Gasteiger partial charge in [-0.1, -0.05) is 39.7 Å². The van der Waals surface area contributed by atoms with Crippen molar-refractivity contribution in [1.82, 2.24) is 4.90 Å². The largest absolute Gasteiger partial charge is 0.324 e. The van der Waals surface area contributed by atoms with E-state index < -0.39 is 11.7 Å². The van der Waals surface area contributed by atoms with E-state index in [-0.39, 0.29) is 28.8 Å². The van der Waals surface area contributed by atoms with E-state index in [1.807, 2.05) is 0 Å². The molecule has 0 bridgehead atoms. The van der Waals surface area contributed by atoms with E-state index in [0.29, 0.717) is 17.4 Å². The Kier molecular flexibility index (Phi) is 5.39. The number of carbonyl (C=O) groups is 2. The predicted molar refractivity (Wildman–Crippen MR) is 98.2 cm³/mol. The number of anilines is 1. The van der Waals surface area contributed by atoms with Crippen LogP contribution in [-0.4, -0.2) is 29.9 Å². The number of rotatable bonds is 4. The van der Waals surface area contributed by atoms with Crippen LogP contribution in [0.1, 0.15) is 23.2 Å². The monoisotopic (exact) mass is 424 g/mol. The Balaban J connectivity index is 2.01. The molecule has 1 saturated heterocycles. The van der Waals surface area contributed by atoms with Gasteiger partial charge in [-0.25, -0.2) is 4.39 Å². The van der Waals surface area contributed by atoms with Crippen LogP contribution in [0, 0.1) is 5.82 Å². The molecule has 4 nitrogen and oxygen atoms in total. The van der Waals surface area contributed by atoms with E-state index in [9.17, 15) is 14.0 Å². The number of hydrogen-bond donors (Lipinski definition) is 0. The topological polar surface area (TPSA) is 40.6 Å². The Morgan fingerprint density at radius 1 is 1.28 bits per heavy atom. The number of para-hydroxylation sites is 1. The molecule has 7 heteroatoms. The first kappa shape index (κ1) is 17.9. The quantitative estimate of drug-likeness (QED) is 0.725. The smallest absolute Gasteiger partial charge is 0.261 e. The van der Waals surface area contributed by atoms with Crippen LogP contribution in [0.25, 0.3) is 0 Å². The zero-order valence-corrected chi connectivity index (χ0v) is 15.6. The van der Waals surface area contributed by atoms with Crippen LogP contribution in [0.3, 0.4) is 0 Å². The summed E-state index contributed by atoms with van der Waals surface area (Å²) < 4.78 is 15.0. The molecule has 0 aromatic heterocycles. The number of benzene rings is 2. The maximum absolute atomic E-state index is 14.3. The highest BCUT2D eigenvalue weighted by Gasteiger charge is 2.28. The van der Waals surface area contributed by atoms with E-state index in [0.717, 1.165) is 6.42 Å². The molecule has 2 amide bonds. The molecule has 0 radical (unpaired) electrons. The third kappa shape index (κ3) is 3.85. The lowest BCUT2D eigenvalue weighted by atomic mass is 10.1. The lowest BCUT2D eigenvalue weighted by molar-refractivity contribution is -0.127. The summed E-state index contributed by atoms with van der Waals surface area (Å²) in [5, 5.41) is 0.266. The number of halogens is 3. The van der Waals surface area contributed by atoms with Crippen LogP contribution >= 0.6 is 27.5 Å². The van der Waals surface area contributed by atoms with Crippen molar-refractivity contribution in [3.05, 3.63) is 63.3 Å². The fraction of sp³-hybridized carbons (Fsp3) is 0.222. The third-order valence-electron chi connectivity index (χ3n) is 4.03. The Morgan fingerprint density at radius 2 is 2.04 bits per heavy atom. The highest BCUT2D eigenvalue weighted by Crippen LogP contribution is 2.27. The van der Waals surface area contributed by atoms with E-state index in [1.165, 1.54) is 17.0 Å². The van der Waals surface area contributed by atoms with E-state index in [1.54, 1.807) is 35.2 Å². The van der Waals surface area contributed by atoms with Crippen molar-refractivity contribution in [3.63, 3.8) is 0 Å². The lowest BCUT2D eigenvalue weighted by Crippen LogP contribution is -2.42. The molecule has 130 valence electrons. The van der Waals surface area contributed by atoms with Crippen molar-refractivity contribution in [1.29, 1.82) is 0 Å². The Labute approximate surface area is 158 Å². The Bertz CT molecular complexity index is 830. The molecule has 1 heterocycles. The first-order chi connectivity index (χ1) is 12.0. The predicted octanol–water partition coefficient (Wildman–Crippen LogP) is 4.47. The Hall–Kier alpha value is -1.92. The molecule has 1 fully saturated rings. The second-order valence-electron chi connectivity index (χ2n) is 5.71. The lowest BCUT2D eigenvalue weighted by Gasteiger charge is -2.28. The highest BCUT2D eigenvalue weighted by atomic mass is 79.9. The van der Waals surface area contributed by atoms with Crippen LogP contribution in [0.4, 0.5) is 10.1 Å². The fourth-order valence-corrected chi connectivity index (χ4v) is 3.31. The summed E-state index contributed by atoms with van der Waals surface area (Å²) in [7, 11) is 0. The van der Waals surface area contributed by atoms with E-state index in [2.05, 4.69) is 15.9 Å². The van der Waals surface area contributed by atoms with Crippen molar-refractivity contribution in [2.45, 2.75) is 12.8 Å². The van der Waals surface area contributed by atoms with Crippen molar-refractivity contribution in [3.8, 4) is 0 Å². The minimum absolute atomic E-state index is 0.0125. The fourth-order valence-electron chi connectivity index (χ4n) is 2.75. The van der Waals surface area contributed by atoms with Gasteiger partial charge in [-0.2, -0.15) is 0 Å². The van der Waals surface area contributed by atoms with E-state index >= 15 is 0 Å². The third-order valence-corrected chi connectivity index (χ3v) is 4.85. The Morgan fingerprint density at radius 3 is 2.72 bits per heavy atom. The van der Waals surface area contributed by atoms with Gasteiger partial charge in [0, 0.05) is 17.4 Å². The minimum atomic E-state index is -0.534. The summed E-state index contributed by atoms with van der Waals surface area (Å²) in [6.07, 6.45) is 1.17. The molecule has 25 heavy (non-hydrogen) atoms. The number of amides is 2. The molecule has 0 spiro atoms. The van der Waals surface area contributed by atoms with Gasteiger partial charge in [0.25, 0.3) is 5.91 Å². The van der Waals surface area contributed by atoms with Gasteiger partial charge in [0.15, 0.2) is 0 Å². The molecule has 0 N–H and O–H groups in total. The summed E-state index contributed by atoms with van der Waals surface area (Å²) >= 11 is 9.48. The summed E-state index contributed by atoms with van der Waals surface area (Å²) in [4.78, 5) is 27.9.